The van der Waals surface area contributed by atoms with Crippen molar-refractivity contribution in [1.82, 2.24) is 9.29 Å². The molecule has 0 N–H and O–H groups in total. The van der Waals surface area contributed by atoms with Crippen LogP contribution in [0.3, 0.4) is 0 Å². The van der Waals surface area contributed by atoms with Gasteiger partial charge in [0.25, 0.3) is 0 Å². The Labute approximate surface area is 151 Å². The summed E-state index contributed by atoms with van der Waals surface area (Å²) in [7, 11) is -4.28. The quantitative estimate of drug-likeness (QED) is 0.725. The number of carbonyl (C=O) groups excluding carboxylic acids is 1. The Morgan fingerprint density at radius 3 is 2.41 bits per heavy atom. The van der Waals surface area contributed by atoms with E-state index in [1.165, 1.54) is 12.1 Å². The number of Topliss-reactive ketones (excluding diaryl/α,β-unsaturated/α-hetero) is 1. The van der Waals surface area contributed by atoms with Crippen LogP contribution < -0.4 is 0 Å². The lowest BCUT2D eigenvalue weighted by molar-refractivity contribution is -0.141. The summed E-state index contributed by atoms with van der Waals surface area (Å²) in [5.74, 6) is -0.807. The van der Waals surface area contributed by atoms with E-state index in [1.807, 2.05) is 0 Å². The van der Waals surface area contributed by atoms with Crippen LogP contribution in [-0.2, 0) is 21.0 Å². The van der Waals surface area contributed by atoms with Gasteiger partial charge in [-0.15, -0.1) is 0 Å². The summed E-state index contributed by atoms with van der Waals surface area (Å²) in [6.07, 6.45) is -4.36. The highest BCUT2D eigenvalue weighted by atomic mass is 32.2. The Morgan fingerprint density at radius 1 is 1.07 bits per heavy atom. The van der Waals surface area contributed by atoms with Crippen molar-refractivity contribution < 1.29 is 30.8 Å². The SMILES string of the molecule is O=C1CC2c3cccc(F)c3C(C1)N2S(=O)(=O)c1ccc(C(F)(F)F)nc1. The van der Waals surface area contributed by atoms with Gasteiger partial charge in [0.05, 0.1) is 12.1 Å². The molecule has 1 aromatic heterocycles. The molecule has 1 aromatic carbocycles. The number of nitrogens with zero attached hydrogens (tertiary/aromatic N) is 2. The smallest absolute Gasteiger partial charge is 0.300 e. The van der Waals surface area contributed by atoms with Crippen molar-refractivity contribution in [1.29, 1.82) is 0 Å². The Bertz CT molecular complexity index is 1040. The van der Waals surface area contributed by atoms with E-state index in [1.54, 1.807) is 6.07 Å². The molecule has 2 unspecified atom stereocenters. The molecule has 2 aliphatic heterocycles. The highest BCUT2D eigenvalue weighted by molar-refractivity contribution is 7.89. The number of aromatic nitrogens is 1. The van der Waals surface area contributed by atoms with Gasteiger partial charge >= 0.3 is 6.18 Å². The predicted octanol–water partition coefficient (Wildman–Crippen LogP) is 3.39. The lowest BCUT2D eigenvalue weighted by atomic mass is 10.0. The summed E-state index contributed by atoms with van der Waals surface area (Å²) in [6, 6.07) is 3.70. The van der Waals surface area contributed by atoms with Crippen LogP contribution >= 0.6 is 0 Å². The molecule has 0 saturated carbocycles. The summed E-state index contributed by atoms with van der Waals surface area (Å²) in [6.45, 7) is 0. The van der Waals surface area contributed by atoms with Crippen molar-refractivity contribution in [2.75, 3.05) is 0 Å². The number of piperidine rings is 1. The number of halogens is 4. The molecular weight excluding hydrogens is 388 g/mol. The first-order valence-corrected chi connectivity index (χ1v) is 9.41. The lowest BCUT2D eigenvalue weighted by Gasteiger charge is -2.33. The maximum Gasteiger partial charge on any atom is 0.433 e. The average molecular weight is 400 g/mol. The third-order valence-corrected chi connectivity index (χ3v) is 6.74. The summed E-state index contributed by atoms with van der Waals surface area (Å²) in [4.78, 5) is 14.7. The fraction of sp³-hybridized carbons (Fsp3) is 0.294. The van der Waals surface area contributed by atoms with E-state index in [-0.39, 0.29) is 24.2 Å². The molecule has 4 rings (SSSR count). The number of fused-ring (bicyclic) bond motifs is 5. The zero-order valence-electron chi connectivity index (χ0n) is 13.6. The van der Waals surface area contributed by atoms with Gasteiger partial charge in [0, 0.05) is 24.6 Å². The van der Waals surface area contributed by atoms with Gasteiger partial charge in [-0.1, -0.05) is 12.1 Å². The van der Waals surface area contributed by atoms with E-state index in [0.29, 0.717) is 17.8 Å². The van der Waals surface area contributed by atoms with E-state index in [2.05, 4.69) is 4.98 Å². The van der Waals surface area contributed by atoms with E-state index in [0.717, 1.165) is 10.4 Å². The molecule has 0 aliphatic carbocycles. The van der Waals surface area contributed by atoms with Gasteiger partial charge in [-0.3, -0.25) is 9.78 Å². The molecule has 27 heavy (non-hydrogen) atoms. The van der Waals surface area contributed by atoms with Crippen molar-refractivity contribution in [3.05, 3.63) is 59.2 Å². The lowest BCUT2D eigenvalue weighted by Crippen LogP contribution is -2.38. The fourth-order valence-electron chi connectivity index (χ4n) is 3.74. The minimum Gasteiger partial charge on any atom is -0.300 e. The minimum atomic E-state index is -4.70. The third-order valence-electron chi connectivity index (χ3n) is 4.84. The maximum atomic E-state index is 14.3. The molecule has 1 fully saturated rings. The van der Waals surface area contributed by atoms with Crippen molar-refractivity contribution in [3.8, 4) is 0 Å². The van der Waals surface area contributed by atoms with Crippen LogP contribution in [0, 0.1) is 5.82 Å². The van der Waals surface area contributed by atoms with Crippen molar-refractivity contribution in [2.45, 2.75) is 36.0 Å². The Hall–Kier alpha value is -2.33. The number of benzene rings is 1. The van der Waals surface area contributed by atoms with Crippen LogP contribution in [0.2, 0.25) is 0 Å². The highest BCUT2D eigenvalue weighted by Crippen LogP contribution is 2.52. The number of ketones is 1. The van der Waals surface area contributed by atoms with Crippen LogP contribution in [0.25, 0.3) is 0 Å². The molecule has 0 amide bonds. The Morgan fingerprint density at radius 2 is 1.78 bits per heavy atom. The molecule has 3 heterocycles. The van der Waals surface area contributed by atoms with Gasteiger partial charge < -0.3 is 0 Å². The van der Waals surface area contributed by atoms with Crippen molar-refractivity contribution in [3.63, 3.8) is 0 Å². The minimum absolute atomic E-state index is 0.111. The monoisotopic (exact) mass is 400 g/mol. The topological polar surface area (TPSA) is 67.3 Å². The second-order valence-electron chi connectivity index (χ2n) is 6.43. The molecule has 1 saturated heterocycles. The number of hydrogen-bond donors (Lipinski definition) is 0. The molecule has 10 heteroatoms. The first-order chi connectivity index (χ1) is 12.6. The molecule has 5 nitrogen and oxygen atoms in total. The molecule has 2 atom stereocenters. The largest absolute Gasteiger partial charge is 0.433 e. The van der Waals surface area contributed by atoms with Gasteiger partial charge in [-0.2, -0.15) is 17.5 Å². The Balaban J connectivity index is 1.79. The second-order valence-corrected chi connectivity index (χ2v) is 8.28. The van der Waals surface area contributed by atoms with Crippen LogP contribution in [0.5, 0.6) is 0 Å². The van der Waals surface area contributed by atoms with Gasteiger partial charge in [0.2, 0.25) is 10.0 Å². The zero-order chi connectivity index (χ0) is 19.6. The van der Waals surface area contributed by atoms with Crippen molar-refractivity contribution >= 4 is 15.8 Å². The first kappa shape index (κ1) is 18.1. The summed E-state index contributed by atoms with van der Waals surface area (Å²) < 4.78 is 79.5. The van der Waals surface area contributed by atoms with Crippen LogP contribution in [0.1, 0.15) is 41.7 Å². The summed E-state index contributed by atoms with van der Waals surface area (Å²) in [5.41, 5.74) is -0.654. The van der Waals surface area contributed by atoms with E-state index >= 15 is 0 Å². The van der Waals surface area contributed by atoms with Gasteiger partial charge in [-0.25, -0.2) is 12.8 Å². The molecule has 2 bridgehead atoms. The number of hydrogen-bond acceptors (Lipinski definition) is 4. The van der Waals surface area contributed by atoms with Gasteiger partial charge in [-0.05, 0) is 23.8 Å². The summed E-state index contributed by atoms with van der Waals surface area (Å²) >= 11 is 0. The van der Waals surface area contributed by atoms with Gasteiger partial charge in [0.1, 0.15) is 22.2 Å². The molecule has 2 aromatic rings. The number of sulfonamides is 1. The molecule has 2 aliphatic rings. The van der Waals surface area contributed by atoms with E-state index in [9.17, 15) is 30.8 Å². The maximum absolute atomic E-state index is 14.3. The van der Waals surface area contributed by atoms with Gasteiger partial charge in [0.15, 0.2) is 0 Å². The molecular formula is C17H12F4N2O3S. The number of carbonyl (C=O) groups is 1. The Kier molecular flexibility index (Phi) is 3.90. The molecule has 0 radical (unpaired) electrons. The standard InChI is InChI=1S/C17H12F4N2O3S/c18-12-3-1-2-11-13-6-9(24)7-14(16(11)12)23(13)27(25,26)10-4-5-15(22-8-10)17(19,20)21/h1-5,8,13-14H,6-7H2. The number of rotatable bonds is 2. The third kappa shape index (κ3) is 2.74. The first-order valence-electron chi connectivity index (χ1n) is 7.97. The second kappa shape index (κ2) is 5.83. The molecule has 142 valence electrons. The fourth-order valence-corrected chi connectivity index (χ4v) is 5.45. The normalized spacial score (nSPS) is 22.7. The van der Waals surface area contributed by atoms with E-state index in [4.69, 9.17) is 0 Å². The van der Waals surface area contributed by atoms with Crippen LogP contribution in [-0.4, -0.2) is 23.5 Å². The number of pyridine rings is 1. The predicted molar refractivity (Wildman–Crippen MR) is 84.4 cm³/mol. The number of alkyl halides is 3. The summed E-state index contributed by atoms with van der Waals surface area (Å²) in [5, 5.41) is 0. The zero-order valence-corrected chi connectivity index (χ0v) is 14.4. The molecule has 0 spiro atoms. The highest BCUT2D eigenvalue weighted by Gasteiger charge is 2.51. The van der Waals surface area contributed by atoms with E-state index < -0.39 is 44.7 Å². The van der Waals surface area contributed by atoms with Crippen molar-refractivity contribution in [2.24, 2.45) is 0 Å². The van der Waals surface area contributed by atoms with Crippen LogP contribution in [0.15, 0.2) is 41.4 Å². The average Bonchev–Trinajstić information content (AvgIpc) is 2.81. The van der Waals surface area contributed by atoms with Crippen LogP contribution in [0.4, 0.5) is 17.6 Å².